The number of benzene rings is 7. The van der Waals surface area contributed by atoms with Gasteiger partial charge in [0.2, 0.25) is 11.8 Å². The molecule has 746 valence electrons. The first-order valence-electron chi connectivity index (χ1n) is 50.8. The molecular formula is C114H134B3Cl2F2N7O14. The molecule has 5 saturated carbocycles. The Morgan fingerprint density at radius 1 is 0.331 bits per heavy atom. The Bertz CT molecular complexity index is 6430. The van der Waals surface area contributed by atoms with E-state index in [1.54, 1.807) is 86.9 Å². The standard InChI is InChI=1S/C30H36BClN2O3.C24H32BNO4.C24H24ClFN2O.C18H22BNO4.C18H20FNO2/c1-19(28(35)34-24-13-11-23(32)12-14-24)20-6-8-21(9-7-20)25-16-17-33-27-15-10-22(18-26(25)27)31-36-29(2,3)30(4,5)37-31;1-15(22(27)28)16-6-8-17(9-7-16)19-12-13-26-21-11-10-18(14-20(19)21)25-29-23(2,3)24(4,5)30-25;1-15(24(29)28-20-9-6-18(25)7-10-20)16-2-4-17(5-3-16)21-12-13-27-23-11-8-19(26)14-22(21)23;1-11(18(21)22)12-2-4-13(5-3-12)15-8-9-20-17-7-6-14(19(23)24)10-16(15)17;1-11(18(21)22)12-2-4-13(5-3-12)15-8-9-20-17-7-6-14(19)10-16(15)17/h10-21H,6-9H2,1-5H3,(H,34,35);10-17H,6-9H2,1-5H3,(H,27,28);6-17H,2-5H2,1H3,(H,28,29);6-13,23-24H,2-5H2,1H3,(H,21,22);6-13H,2-5H2,1H3,(H,21,22)/t19-,20?,21?;2*15-,16?,17?;2*11-,12?,13?/m11111/s1/i;;26-1;;. The quantitative estimate of drug-likeness (QED) is 0.0349. The van der Waals surface area contributed by atoms with Gasteiger partial charge in [-0.2, -0.15) is 0 Å². The number of carbonyl (C=O) groups is 5. The zero-order valence-electron chi connectivity index (χ0n) is 83.7. The molecule has 7 aromatic carbocycles. The van der Waals surface area contributed by atoms with Gasteiger partial charge in [0, 0.05) is 91.2 Å². The van der Waals surface area contributed by atoms with Crippen LogP contribution in [0.5, 0.6) is 0 Å². The lowest BCUT2D eigenvalue weighted by Gasteiger charge is -2.32. The summed E-state index contributed by atoms with van der Waals surface area (Å²) >= 11 is 11.9. The van der Waals surface area contributed by atoms with E-state index in [4.69, 9.17) is 46.9 Å². The van der Waals surface area contributed by atoms with Crippen LogP contribution in [0.2, 0.25) is 10.0 Å². The average molecular weight is 1970 g/mol. The van der Waals surface area contributed by atoms with Crippen LogP contribution in [0.3, 0.4) is 0 Å². The van der Waals surface area contributed by atoms with Crippen LogP contribution in [0.1, 0.15) is 276 Å². The van der Waals surface area contributed by atoms with E-state index in [1.165, 1.54) is 39.8 Å². The van der Waals surface area contributed by atoms with Crippen molar-refractivity contribution in [3.05, 3.63) is 250 Å². The smallest absolute Gasteiger partial charge is 0.481 e. The van der Waals surface area contributed by atoms with E-state index in [1.807, 2.05) is 87.0 Å². The van der Waals surface area contributed by atoms with Crippen LogP contribution >= 0.6 is 23.2 Å². The largest absolute Gasteiger partial charge is 0.494 e. The van der Waals surface area contributed by atoms with Gasteiger partial charge in [-0.05, 0) is 421 Å². The monoisotopic (exact) mass is 1960 g/mol. The van der Waals surface area contributed by atoms with Crippen molar-refractivity contribution < 1.29 is 76.7 Å². The maximum atomic E-state index is 13.8. The van der Waals surface area contributed by atoms with Crippen LogP contribution in [0.4, 0.5) is 20.2 Å². The Morgan fingerprint density at radius 3 is 0.817 bits per heavy atom. The molecule has 28 heteroatoms. The van der Waals surface area contributed by atoms with Crippen molar-refractivity contribution in [1.29, 1.82) is 0 Å². The average Bonchev–Trinajstić information content (AvgIpc) is 1.56. The predicted molar refractivity (Wildman–Crippen MR) is 562 cm³/mol. The number of carboxylic acid groups (broad SMARTS) is 3. The highest BCUT2D eigenvalue weighted by molar-refractivity contribution is 6.63. The van der Waals surface area contributed by atoms with Crippen LogP contribution < -0.4 is 27.0 Å². The molecule has 2 amide bonds. The molecule has 5 atom stereocenters. The third kappa shape index (κ3) is 24.9. The Hall–Kier alpha value is -10.7. The molecule has 21 nitrogen and oxygen atoms in total. The first-order chi connectivity index (χ1) is 67.7. The Morgan fingerprint density at radius 2 is 0.563 bits per heavy atom. The van der Waals surface area contributed by atoms with Gasteiger partial charge >= 0.3 is 39.3 Å². The summed E-state index contributed by atoms with van der Waals surface area (Å²) in [7, 11) is -2.27. The number of nitrogens with zero attached hydrogens (tertiary/aromatic N) is 5. The highest BCUT2D eigenvalue weighted by Crippen LogP contribution is 2.49. The number of carboxylic acids is 3. The summed E-state index contributed by atoms with van der Waals surface area (Å²) in [5.74, 6) is 0.0683. The molecule has 5 aromatic heterocycles. The highest BCUT2D eigenvalue weighted by atomic mass is 35.5. The summed E-state index contributed by atoms with van der Waals surface area (Å²) in [6.07, 6.45) is 28.7. The van der Waals surface area contributed by atoms with Crippen LogP contribution in [0, 0.1) is 70.8 Å². The normalized spacial score (nSPS) is 23.3. The van der Waals surface area contributed by atoms with Crippen molar-refractivity contribution in [3.63, 3.8) is 0 Å². The van der Waals surface area contributed by atoms with Crippen LogP contribution in [-0.2, 0) is 42.6 Å². The lowest BCUT2D eigenvalue weighted by molar-refractivity contribution is -0.144. The molecule has 0 bridgehead atoms. The molecule has 5 aliphatic carbocycles. The first-order valence-corrected chi connectivity index (χ1v) is 51.6. The van der Waals surface area contributed by atoms with Crippen molar-refractivity contribution >= 4 is 157 Å². The summed E-state index contributed by atoms with van der Waals surface area (Å²) < 4.78 is 52.4. The van der Waals surface area contributed by atoms with E-state index in [2.05, 4.69) is 140 Å². The predicted octanol–water partition coefficient (Wildman–Crippen LogP) is 24.1. The summed E-state index contributed by atoms with van der Waals surface area (Å²) in [6, 6.07) is 52.1. The molecule has 142 heavy (non-hydrogen) atoms. The van der Waals surface area contributed by atoms with Gasteiger partial charge in [-0.1, -0.05) is 94.2 Å². The van der Waals surface area contributed by atoms with E-state index in [9.17, 15) is 53.0 Å². The summed E-state index contributed by atoms with van der Waals surface area (Å²) in [4.78, 5) is 81.4. The molecule has 0 spiro atoms. The number of anilines is 2. The Kier molecular flexibility index (Phi) is 34.0. The lowest BCUT2D eigenvalue weighted by atomic mass is 9.73. The number of rotatable bonds is 20. The van der Waals surface area contributed by atoms with Crippen LogP contribution in [0.25, 0.3) is 54.5 Å². The molecule has 0 unspecified atom stereocenters. The number of carbonyl (C=O) groups excluding carboxylic acids is 2. The van der Waals surface area contributed by atoms with Crippen molar-refractivity contribution in [1.82, 2.24) is 24.9 Å². The third-order valence-electron chi connectivity index (χ3n) is 33.0. The second-order valence-electron chi connectivity index (χ2n) is 42.7. The van der Waals surface area contributed by atoms with Crippen molar-refractivity contribution in [3.8, 4) is 0 Å². The second-order valence-corrected chi connectivity index (χ2v) is 43.6. The fraction of sp³-hybridized carbons (Fsp3) is 0.456. The van der Waals surface area contributed by atoms with Gasteiger partial charge in [-0.3, -0.25) is 48.9 Å². The van der Waals surface area contributed by atoms with E-state index >= 15 is 0 Å². The lowest BCUT2D eigenvalue weighted by Crippen LogP contribution is -2.41. The number of hydrogen-bond donors (Lipinski definition) is 7. The minimum atomic E-state index is -1.49. The van der Waals surface area contributed by atoms with Gasteiger partial charge in [0.05, 0.1) is 67.7 Å². The zero-order chi connectivity index (χ0) is 101. The van der Waals surface area contributed by atoms with Gasteiger partial charge in [0.1, 0.15) is 11.6 Å². The summed E-state index contributed by atoms with van der Waals surface area (Å²) in [6.45, 7) is 26.1. The van der Waals surface area contributed by atoms with Gasteiger partial charge in [-0.15, -0.1) is 0 Å². The molecule has 2 saturated heterocycles. The molecule has 7 N–H and O–H groups in total. The number of pyridine rings is 5. The van der Waals surface area contributed by atoms with Crippen LogP contribution in [0.15, 0.2) is 201 Å². The van der Waals surface area contributed by atoms with Gasteiger partial charge in [0.15, 0.2) is 0 Å². The highest BCUT2D eigenvalue weighted by Gasteiger charge is 2.53. The number of aromatic nitrogens is 5. The molecule has 19 rings (SSSR count). The van der Waals surface area contributed by atoms with E-state index in [0.29, 0.717) is 56.9 Å². The summed E-state index contributed by atoms with van der Waals surface area (Å²) in [5.41, 5.74) is 13.2. The molecule has 12 aromatic rings. The SMILES string of the molecule is C[C@@H](C(=O)Nc1ccc(Cl)cc1)C1CCC(c2ccnc3ccc(B4OC(C)(C)C(C)(C)O4)cc23)CC1.C[C@@H](C(=O)Nc1ccc(Cl)cc1)C1CCC(c2ccnc3ccc([18F])cc23)CC1.C[C@@H](C(=O)O)C1CCC(c2ccnc3ccc(B(O)O)cc23)CC1.C[C@@H](C(=O)O)C1CCC(c2ccnc3ccc(B4OC(C)(C)C(C)(C)O4)cc23)CC1.C[C@@H](C(=O)O)C1CCC(c2ccnc3ccc(F)cc23)CC1. The van der Waals surface area contributed by atoms with Crippen LogP contribution in [-0.4, -0.2) is 124 Å². The van der Waals surface area contributed by atoms with Gasteiger partial charge in [0.25, 0.3) is 0 Å². The molecule has 7 fully saturated rings. The summed E-state index contributed by atoms with van der Waals surface area (Å²) in [5, 5.41) is 58.9. The van der Waals surface area contributed by atoms with E-state index in [0.717, 1.165) is 205 Å². The topological polar surface area (TPSA) is 312 Å². The number of fused-ring (bicyclic) bond motifs is 5. The van der Waals surface area contributed by atoms with E-state index < -0.39 is 32.1 Å². The van der Waals surface area contributed by atoms with Gasteiger partial charge in [-0.25, -0.2) is 8.78 Å². The van der Waals surface area contributed by atoms with Crippen molar-refractivity contribution in [2.75, 3.05) is 10.6 Å². The fourth-order valence-electron chi connectivity index (χ4n) is 22.3. The number of aliphatic carboxylic acids is 3. The van der Waals surface area contributed by atoms with E-state index in [-0.39, 0.29) is 100 Å². The number of amides is 2. The molecule has 7 aliphatic rings. The molecule has 2 aliphatic heterocycles. The third-order valence-corrected chi connectivity index (χ3v) is 33.5. The number of hydrogen-bond acceptors (Lipinski definition) is 16. The van der Waals surface area contributed by atoms with Crippen molar-refractivity contribution in [2.45, 2.75) is 270 Å². The molecule has 7 heterocycles. The Labute approximate surface area is 843 Å². The van der Waals surface area contributed by atoms with Gasteiger partial charge < -0.3 is 54.6 Å². The second kappa shape index (κ2) is 45.7. The fourth-order valence-corrected chi connectivity index (χ4v) is 22.5. The molecular weight excluding hydrogens is 1830 g/mol. The first kappa shape index (κ1) is 106. The maximum Gasteiger partial charge on any atom is 0.494 e. The molecule has 0 radical (unpaired) electrons. The minimum Gasteiger partial charge on any atom is -0.481 e. The maximum absolute atomic E-state index is 13.8. The number of nitrogens with one attached hydrogen (secondary N) is 2. The minimum absolute atomic E-state index is 0.0409. The zero-order valence-corrected chi connectivity index (χ0v) is 85.3. The van der Waals surface area contributed by atoms with Crippen molar-refractivity contribution in [2.24, 2.45) is 59.2 Å². The number of halogens is 4. The Balaban J connectivity index is 0.000000135.